The zero-order valence-corrected chi connectivity index (χ0v) is 13.2. The van der Waals surface area contributed by atoms with E-state index in [4.69, 9.17) is 4.74 Å². The van der Waals surface area contributed by atoms with Gasteiger partial charge in [-0.3, -0.25) is 4.79 Å². The monoisotopic (exact) mass is 280 g/mol. The summed E-state index contributed by atoms with van der Waals surface area (Å²) >= 11 is 0. The van der Waals surface area contributed by atoms with Crippen molar-refractivity contribution in [2.45, 2.75) is 71.5 Å². The van der Waals surface area contributed by atoms with Crippen LogP contribution < -0.4 is 0 Å². The van der Waals surface area contributed by atoms with Crippen molar-refractivity contribution in [2.24, 2.45) is 17.3 Å². The predicted octanol–water partition coefficient (Wildman–Crippen LogP) is 3.46. The molecule has 0 aromatic carbocycles. The maximum Gasteiger partial charge on any atom is 0.303 e. The third-order valence-electron chi connectivity index (χ3n) is 5.57. The molecule has 1 N–H and O–H groups in total. The molecule has 3 nitrogen and oxygen atoms in total. The van der Waals surface area contributed by atoms with Crippen molar-refractivity contribution >= 4 is 5.97 Å². The minimum atomic E-state index is -0.643. The number of aliphatic hydroxyl groups is 1. The second-order valence-corrected chi connectivity index (χ2v) is 7.54. The Labute approximate surface area is 122 Å². The summed E-state index contributed by atoms with van der Waals surface area (Å²) in [5, 5.41) is 10.3. The van der Waals surface area contributed by atoms with Gasteiger partial charge in [-0.1, -0.05) is 13.5 Å². The summed E-state index contributed by atoms with van der Waals surface area (Å²) in [5.74, 6) is 0.425. The van der Waals surface area contributed by atoms with Crippen LogP contribution in [0.3, 0.4) is 0 Å². The van der Waals surface area contributed by atoms with Gasteiger partial charge in [-0.15, -0.1) is 0 Å². The molecule has 20 heavy (non-hydrogen) atoms. The summed E-state index contributed by atoms with van der Waals surface area (Å²) in [5.41, 5.74) is 0.675. The molecule has 114 valence electrons. The molecule has 2 rings (SSSR count). The number of esters is 1. The molecular weight excluding hydrogens is 252 g/mol. The molecule has 0 aliphatic heterocycles. The summed E-state index contributed by atoms with van der Waals surface area (Å²) in [6.07, 6.45) is 4.98. The number of carbonyl (C=O) groups excluding carboxylic acids is 1. The van der Waals surface area contributed by atoms with Crippen molar-refractivity contribution in [1.82, 2.24) is 0 Å². The molecule has 0 radical (unpaired) electrons. The Balaban J connectivity index is 2.16. The Hall–Kier alpha value is -0.830. The molecule has 0 amide bonds. The van der Waals surface area contributed by atoms with Crippen LogP contribution in [0.2, 0.25) is 0 Å². The Morgan fingerprint density at radius 3 is 2.55 bits per heavy atom. The Kier molecular flexibility index (Phi) is 4.03. The summed E-state index contributed by atoms with van der Waals surface area (Å²) in [6.45, 7) is 11.8. The van der Waals surface area contributed by atoms with E-state index >= 15 is 0 Å². The SMILES string of the molecule is C=C1[C@H]2C[C@H](C(C)(C)O)CC[C@@]2(C)CC[C@H]1OC(C)=O. The second-order valence-electron chi connectivity index (χ2n) is 7.54. The smallest absolute Gasteiger partial charge is 0.303 e. The van der Waals surface area contributed by atoms with Crippen LogP contribution in [0, 0.1) is 17.3 Å². The molecule has 2 aliphatic rings. The fourth-order valence-electron chi connectivity index (χ4n) is 4.11. The first-order valence-electron chi connectivity index (χ1n) is 7.72. The average Bonchev–Trinajstić information content (AvgIpc) is 2.31. The lowest BCUT2D eigenvalue weighted by atomic mass is 9.55. The zero-order valence-electron chi connectivity index (χ0n) is 13.2. The van der Waals surface area contributed by atoms with Crippen molar-refractivity contribution < 1.29 is 14.6 Å². The van der Waals surface area contributed by atoms with E-state index in [-0.39, 0.29) is 17.5 Å². The Bertz CT molecular complexity index is 407. The van der Waals surface area contributed by atoms with Crippen LogP contribution in [-0.4, -0.2) is 22.8 Å². The minimum absolute atomic E-state index is 0.133. The van der Waals surface area contributed by atoms with Gasteiger partial charge in [0.1, 0.15) is 6.10 Å². The topological polar surface area (TPSA) is 46.5 Å². The van der Waals surface area contributed by atoms with Crippen molar-refractivity contribution in [1.29, 1.82) is 0 Å². The molecule has 4 atom stereocenters. The fraction of sp³-hybridized carbons (Fsp3) is 0.824. The molecule has 2 saturated carbocycles. The quantitative estimate of drug-likeness (QED) is 0.622. The summed E-state index contributed by atoms with van der Waals surface area (Å²) in [4.78, 5) is 11.2. The molecule has 3 heteroatoms. The number of carbonyl (C=O) groups is 1. The molecule has 0 aromatic heterocycles. The molecular formula is C17H28O3. The van der Waals surface area contributed by atoms with Crippen LogP contribution in [0.25, 0.3) is 0 Å². The lowest BCUT2D eigenvalue weighted by Crippen LogP contribution is -2.47. The van der Waals surface area contributed by atoms with Crippen molar-refractivity contribution in [3.05, 3.63) is 12.2 Å². The maximum absolute atomic E-state index is 11.2. The number of hydrogen-bond donors (Lipinski definition) is 1. The number of rotatable bonds is 2. The Morgan fingerprint density at radius 1 is 1.40 bits per heavy atom. The highest BCUT2D eigenvalue weighted by molar-refractivity contribution is 5.66. The molecule has 2 fully saturated rings. The lowest BCUT2D eigenvalue weighted by molar-refractivity contribution is -0.148. The first kappa shape index (κ1) is 15.6. The predicted molar refractivity (Wildman–Crippen MR) is 79.2 cm³/mol. The number of fused-ring (bicyclic) bond motifs is 1. The van der Waals surface area contributed by atoms with Gasteiger partial charge < -0.3 is 9.84 Å². The van der Waals surface area contributed by atoms with Gasteiger partial charge in [0, 0.05) is 6.92 Å². The maximum atomic E-state index is 11.2. The van der Waals surface area contributed by atoms with Crippen LogP contribution in [0.4, 0.5) is 0 Å². The average molecular weight is 280 g/mol. The van der Waals surface area contributed by atoms with Crippen LogP contribution in [0.1, 0.15) is 59.8 Å². The van der Waals surface area contributed by atoms with E-state index in [2.05, 4.69) is 13.5 Å². The van der Waals surface area contributed by atoms with Crippen molar-refractivity contribution in [2.75, 3.05) is 0 Å². The highest BCUT2D eigenvalue weighted by Gasteiger charge is 2.48. The Morgan fingerprint density at radius 2 is 2.00 bits per heavy atom. The van der Waals surface area contributed by atoms with Gasteiger partial charge in [0.05, 0.1) is 5.60 Å². The third kappa shape index (κ3) is 2.93. The van der Waals surface area contributed by atoms with Gasteiger partial charge in [-0.05, 0) is 68.8 Å². The minimum Gasteiger partial charge on any atom is -0.458 e. The molecule has 2 aliphatic carbocycles. The second kappa shape index (κ2) is 5.18. The van der Waals surface area contributed by atoms with Crippen LogP contribution in [-0.2, 0) is 9.53 Å². The molecule has 0 saturated heterocycles. The normalized spacial score (nSPS) is 38.2. The largest absolute Gasteiger partial charge is 0.458 e. The van der Waals surface area contributed by atoms with E-state index in [1.54, 1.807) is 0 Å². The van der Waals surface area contributed by atoms with E-state index in [1.807, 2.05) is 13.8 Å². The van der Waals surface area contributed by atoms with Crippen molar-refractivity contribution in [3.8, 4) is 0 Å². The van der Waals surface area contributed by atoms with Gasteiger partial charge in [0.25, 0.3) is 0 Å². The van der Waals surface area contributed by atoms with E-state index in [0.717, 1.165) is 37.7 Å². The third-order valence-corrected chi connectivity index (χ3v) is 5.57. The van der Waals surface area contributed by atoms with Gasteiger partial charge in [-0.25, -0.2) is 0 Å². The highest BCUT2D eigenvalue weighted by atomic mass is 16.5. The first-order valence-corrected chi connectivity index (χ1v) is 7.72. The fourth-order valence-corrected chi connectivity index (χ4v) is 4.11. The number of ether oxygens (including phenoxy) is 1. The lowest BCUT2D eigenvalue weighted by Gasteiger charge is -2.52. The van der Waals surface area contributed by atoms with Gasteiger partial charge in [-0.2, -0.15) is 0 Å². The highest BCUT2D eigenvalue weighted by Crippen LogP contribution is 2.55. The molecule has 0 spiro atoms. The van der Waals surface area contributed by atoms with E-state index in [0.29, 0.717) is 11.8 Å². The van der Waals surface area contributed by atoms with Crippen molar-refractivity contribution in [3.63, 3.8) is 0 Å². The van der Waals surface area contributed by atoms with Crippen LogP contribution in [0.15, 0.2) is 12.2 Å². The molecule has 0 aromatic rings. The summed E-state index contributed by atoms with van der Waals surface area (Å²) < 4.78 is 5.42. The zero-order chi connectivity index (χ0) is 15.1. The summed E-state index contributed by atoms with van der Waals surface area (Å²) in [6, 6.07) is 0. The van der Waals surface area contributed by atoms with Crippen LogP contribution in [0.5, 0.6) is 0 Å². The van der Waals surface area contributed by atoms with Crippen LogP contribution >= 0.6 is 0 Å². The van der Waals surface area contributed by atoms with Gasteiger partial charge >= 0.3 is 5.97 Å². The molecule has 0 unspecified atom stereocenters. The number of hydrogen-bond acceptors (Lipinski definition) is 3. The van der Waals surface area contributed by atoms with Gasteiger partial charge in [0.15, 0.2) is 0 Å². The van der Waals surface area contributed by atoms with Gasteiger partial charge in [0.2, 0.25) is 0 Å². The standard InChI is InChI=1S/C17H28O3/c1-11-14-10-13(16(3,4)19)6-8-17(14,5)9-7-15(11)20-12(2)18/h13-15,19H,1,6-10H2,2-5H3/t13-,14-,15-,17+/m1/s1. The van der Waals surface area contributed by atoms with E-state index in [1.165, 1.54) is 6.92 Å². The molecule has 0 heterocycles. The molecule has 0 bridgehead atoms. The van der Waals surface area contributed by atoms with E-state index < -0.39 is 5.60 Å². The van der Waals surface area contributed by atoms with E-state index in [9.17, 15) is 9.90 Å². The first-order chi connectivity index (χ1) is 9.13. The summed E-state index contributed by atoms with van der Waals surface area (Å²) in [7, 11) is 0.